The molecule has 2 heterocycles. The lowest BCUT2D eigenvalue weighted by Crippen LogP contribution is -2.53. The summed E-state index contributed by atoms with van der Waals surface area (Å²) in [5.74, 6) is -0.189. The maximum Gasteiger partial charge on any atom is 0.218 e. The SMILES string of the molecule is NC(=O)CCN1CCN(C2CCNCC2)CC1. The minimum atomic E-state index is -0.189. The minimum Gasteiger partial charge on any atom is -0.370 e. The van der Waals surface area contributed by atoms with Crippen molar-refractivity contribution < 1.29 is 4.79 Å². The first-order valence-corrected chi connectivity index (χ1v) is 6.71. The third kappa shape index (κ3) is 3.94. The van der Waals surface area contributed by atoms with E-state index in [1.54, 1.807) is 0 Å². The van der Waals surface area contributed by atoms with E-state index in [0.717, 1.165) is 51.9 Å². The van der Waals surface area contributed by atoms with Crippen LogP contribution in [0.1, 0.15) is 19.3 Å². The topological polar surface area (TPSA) is 61.6 Å². The summed E-state index contributed by atoms with van der Waals surface area (Å²) in [6, 6.07) is 0.773. The van der Waals surface area contributed by atoms with Crippen LogP contribution in [0.4, 0.5) is 0 Å². The Balaban J connectivity index is 1.68. The first-order valence-electron chi connectivity index (χ1n) is 6.71. The van der Waals surface area contributed by atoms with Crippen LogP contribution >= 0.6 is 0 Å². The molecule has 3 N–H and O–H groups in total. The number of piperazine rings is 1. The van der Waals surface area contributed by atoms with Gasteiger partial charge in [0.25, 0.3) is 0 Å². The molecule has 5 nitrogen and oxygen atoms in total. The van der Waals surface area contributed by atoms with E-state index >= 15 is 0 Å². The summed E-state index contributed by atoms with van der Waals surface area (Å²) in [5.41, 5.74) is 5.17. The average Bonchev–Trinajstić information content (AvgIpc) is 2.38. The molecule has 0 aliphatic carbocycles. The van der Waals surface area contributed by atoms with Gasteiger partial charge in [-0.2, -0.15) is 0 Å². The highest BCUT2D eigenvalue weighted by Gasteiger charge is 2.24. The molecule has 2 aliphatic heterocycles. The number of nitrogens with one attached hydrogen (secondary N) is 1. The van der Waals surface area contributed by atoms with E-state index in [2.05, 4.69) is 15.1 Å². The maximum atomic E-state index is 10.7. The number of nitrogens with two attached hydrogens (primary N) is 1. The van der Waals surface area contributed by atoms with E-state index in [0.29, 0.717) is 6.42 Å². The summed E-state index contributed by atoms with van der Waals surface area (Å²) in [6.07, 6.45) is 3.05. The second-order valence-corrected chi connectivity index (χ2v) is 5.08. The molecule has 0 radical (unpaired) electrons. The van der Waals surface area contributed by atoms with Crippen molar-refractivity contribution in [3.63, 3.8) is 0 Å². The first-order chi connectivity index (χ1) is 8.25. The van der Waals surface area contributed by atoms with Gasteiger partial charge in [0.2, 0.25) is 5.91 Å². The smallest absolute Gasteiger partial charge is 0.218 e. The van der Waals surface area contributed by atoms with Crippen molar-refractivity contribution in [2.24, 2.45) is 5.73 Å². The highest BCUT2D eigenvalue weighted by Crippen LogP contribution is 2.14. The summed E-state index contributed by atoms with van der Waals surface area (Å²) in [7, 11) is 0. The quantitative estimate of drug-likeness (QED) is 0.677. The molecule has 0 spiro atoms. The highest BCUT2D eigenvalue weighted by molar-refractivity contribution is 5.73. The van der Waals surface area contributed by atoms with Crippen molar-refractivity contribution in [1.82, 2.24) is 15.1 Å². The number of carbonyl (C=O) groups is 1. The highest BCUT2D eigenvalue weighted by atomic mass is 16.1. The molecule has 2 saturated heterocycles. The van der Waals surface area contributed by atoms with Gasteiger partial charge in [-0.15, -0.1) is 0 Å². The maximum absolute atomic E-state index is 10.7. The van der Waals surface area contributed by atoms with Crippen LogP contribution < -0.4 is 11.1 Å². The lowest BCUT2D eigenvalue weighted by atomic mass is 10.0. The Labute approximate surface area is 103 Å². The molecular weight excluding hydrogens is 216 g/mol. The van der Waals surface area contributed by atoms with Gasteiger partial charge >= 0.3 is 0 Å². The van der Waals surface area contributed by atoms with E-state index in [9.17, 15) is 4.79 Å². The lowest BCUT2D eigenvalue weighted by molar-refractivity contribution is -0.118. The van der Waals surface area contributed by atoms with Crippen LogP contribution in [0.15, 0.2) is 0 Å². The average molecular weight is 240 g/mol. The fourth-order valence-electron chi connectivity index (χ4n) is 2.79. The molecule has 5 heteroatoms. The lowest BCUT2D eigenvalue weighted by Gasteiger charge is -2.40. The number of carbonyl (C=O) groups excluding carboxylic acids is 1. The number of amides is 1. The molecule has 2 aliphatic rings. The van der Waals surface area contributed by atoms with Crippen LogP contribution in [0.3, 0.4) is 0 Å². The Morgan fingerprint density at radius 3 is 2.41 bits per heavy atom. The predicted octanol–water partition coefficient (Wildman–Crippen LogP) is -0.769. The fourth-order valence-corrected chi connectivity index (χ4v) is 2.79. The fraction of sp³-hybridized carbons (Fsp3) is 0.917. The zero-order chi connectivity index (χ0) is 12.1. The summed E-state index contributed by atoms with van der Waals surface area (Å²) in [6.45, 7) is 7.59. The molecule has 2 fully saturated rings. The normalized spacial score (nSPS) is 24.9. The molecule has 0 unspecified atom stereocenters. The van der Waals surface area contributed by atoms with E-state index in [-0.39, 0.29) is 5.91 Å². The van der Waals surface area contributed by atoms with E-state index in [4.69, 9.17) is 5.73 Å². The Morgan fingerprint density at radius 1 is 1.18 bits per heavy atom. The van der Waals surface area contributed by atoms with Gasteiger partial charge in [0.15, 0.2) is 0 Å². The van der Waals surface area contributed by atoms with E-state index in [1.165, 1.54) is 12.8 Å². The van der Waals surface area contributed by atoms with Crippen molar-refractivity contribution in [2.75, 3.05) is 45.8 Å². The first kappa shape index (κ1) is 12.8. The molecule has 0 saturated carbocycles. The van der Waals surface area contributed by atoms with Crippen molar-refractivity contribution in [3.05, 3.63) is 0 Å². The minimum absolute atomic E-state index is 0.189. The molecule has 0 aromatic heterocycles. The Hall–Kier alpha value is -0.650. The second kappa shape index (κ2) is 6.33. The zero-order valence-corrected chi connectivity index (χ0v) is 10.5. The van der Waals surface area contributed by atoms with Crippen LogP contribution in [0, 0.1) is 0 Å². The Morgan fingerprint density at radius 2 is 1.82 bits per heavy atom. The van der Waals surface area contributed by atoms with Gasteiger partial charge in [0, 0.05) is 45.2 Å². The van der Waals surface area contributed by atoms with Gasteiger partial charge in [-0.25, -0.2) is 0 Å². The Kier molecular flexibility index (Phi) is 4.76. The number of rotatable bonds is 4. The molecule has 98 valence electrons. The van der Waals surface area contributed by atoms with Crippen molar-refractivity contribution in [2.45, 2.75) is 25.3 Å². The van der Waals surface area contributed by atoms with E-state index < -0.39 is 0 Å². The molecule has 2 rings (SSSR count). The monoisotopic (exact) mass is 240 g/mol. The number of piperidine rings is 1. The predicted molar refractivity (Wildman–Crippen MR) is 67.7 cm³/mol. The summed E-state index contributed by atoms with van der Waals surface area (Å²) < 4.78 is 0. The number of nitrogens with zero attached hydrogens (tertiary/aromatic N) is 2. The van der Waals surface area contributed by atoms with Crippen LogP contribution in [0.5, 0.6) is 0 Å². The van der Waals surface area contributed by atoms with Crippen LogP contribution in [0.2, 0.25) is 0 Å². The third-order valence-electron chi connectivity index (χ3n) is 3.91. The molecule has 0 atom stereocenters. The van der Waals surface area contributed by atoms with Crippen molar-refractivity contribution in [3.8, 4) is 0 Å². The van der Waals surface area contributed by atoms with Crippen molar-refractivity contribution >= 4 is 5.91 Å². The van der Waals surface area contributed by atoms with Gasteiger partial charge in [-0.3, -0.25) is 9.69 Å². The van der Waals surface area contributed by atoms with Crippen LogP contribution in [-0.2, 0) is 4.79 Å². The number of hydrogen-bond donors (Lipinski definition) is 2. The second-order valence-electron chi connectivity index (χ2n) is 5.08. The largest absolute Gasteiger partial charge is 0.370 e. The summed E-state index contributed by atoms with van der Waals surface area (Å²) >= 11 is 0. The molecule has 0 bridgehead atoms. The molecular formula is C12H24N4O. The number of primary amides is 1. The van der Waals surface area contributed by atoms with Gasteiger partial charge in [0.1, 0.15) is 0 Å². The van der Waals surface area contributed by atoms with Gasteiger partial charge in [0.05, 0.1) is 0 Å². The van der Waals surface area contributed by atoms with Gasteiger partial charge in [-0.05, 0) is 25.9 Å². The molecule has 1 amide bonds. The van der Waals surface area contributed by atoms with Gasteiger partial charge < -0.3 is 16.0 Å². The molecule has 0 aromatic carbocycles. The van der Waals surface area contributed by atoms with Crippen LogP contribution in [0.25, 0.3) is 0 Å². The van der Waals surface area contributed by atoms with Crippen molar-refractivity contribution in [1.29, 1.82) is 0 Å². The summed E-state index contributed by atoms with van der Waals surface area (Å²) in [5, 5.41) is 3.41. The van der Waals surface area contributed by atoms with Crippen LogP contribution in [-0.4, -0.2) is 67.6 Å². The Bertz CT molecular complexity index is 245. The third-order valence-corrected chi connectivity index (χ3v) is 3.91. The number of hydrogen-bond acceptors (Lipinski definition) is 4. The molecule has 17 heavy (non-hydrogen) atoms. The van der Waals surface area contributed by atoms with Gasteiger partial charge in [-0.1, -0.05) is 0 Å². The van der Waals surface area contributed by atoms with E-state index in [1.807, 2.05) is 0 Å². The zero-order valence-electron chi connectivity index (χ0n) is 10.5. The standard InChI is InChI=1S/C12H24N4O/c13-12(17)3-6-15-7-9-16(10-8-15)11-1-4-14-5-2-11/h11,14H,1-10H2,(H2,13,17). The molecule has 0 aromatic rings. The summed E-state index contributed by atoms with van der Waals surface area (Å²) in [4.78, 5) is 15.7.